The Morgan fingerprint density at radius 3 is 2.72 bits per heavy atom. The number of rotatable bonds is 6. The van der Waals surface area contributed by atoms with Crippen molar-refractivity contribution < 1.29 is 27.4 Å². The molecule has 4 rings (SSSR count). The van der Waals surface area contributed by atoms with Gasteiger partial charge in [0, 0.05) is 12.1 Å². The summed E-state index contributed by atoms with van der Waals surface area (Å²) in [6, 6.07) is 11.9. The van der Waals surface area contributed by atoms with Crippen molar-refractivity contribution >= 4 is 5.91 Å². The molecule has 1 atom stereocenters. The quantitative estimate of drug-likeness (QED) is 0.578. The van der Waals surface area contributed by atoms with E-state index in [1.807, 2.05) is 25.1 Å². The van der Waals surface area contributed by atoms with Crippen LogP contribution in [0.1, 0.15) is 12.5 Å². The molecular formula is C21H20F3N5O3. The summed E-state index contributed by atoms with van der Waals surface area (Å²) in [7, 11) is 0. The number of likely N-dealkylation sites (N-methyl/N-ethyl adjacent to an activating group) is 1. The van der Waals surface area contributed by atoms with E-state index in [1.165, 1.54) is 12.1 Å². The van der Waals surface area contributed by atoms with Gasteiger partial charge in [-0.3, -0.25) is 4.79 Å². The van der Waals surface area contributed by atoms with Crippen LogP contribution < -0.4 is 9.47 Å². The van der Waals surface area contributed by atoms with Gasteiger partial charge in [0.15, 0.2) is 17.6 Å². The predicted molar refractivity (Wildman–Crippen MR) is 107 cm³/mol. The maximum Gasteiger partial charge on any atom is 0.416 e. The highest BCUT2D eigenvalue weighted by Crippen LogP contribution is 2.32. The third-order valence-electron chi connectivity index (χ3n) is 4.90. The van der Waals surface area contributed by atoms with Gasteiger partial charge >= 0.3 is 6.18 Å². The number of carbonyl (C=O) groups is 1. The second-order valence-corrected chi connectivity index (χ2v) is 7.15. The first-order chi connectivity index (χ1) is 15.3. The molecule has 1 amide bonds. The number of ether oxygens (including phenoxy) is 2. The smallest absolute Gasteiger partial charge is 0.416 e. The van der Waals surface area contributed by atoms with Crippen LogP contribution in [0.25, 0.3) is 11.4 Å². The highest BCUT2D eigenvalue weighted by Gasteiger charge is 2.31. The van der Waals surface area contributed by atoms with E-state index >= 15 is 0 Å². The number of benzene rings is 2. The summed E-state index contributed by atoms with van der Waals surface area (Å²) in [6.45, 7) is 2.67. The Morgan fingerprint density at radius 1 is 1.19 bits per heavy atom. The number of hydrogen-bond donors (Lipinski definition) is 0. The fourth-order valence-corrected chi connectivity index (χ4v) is 3.29. The number of aromatic nitrogens is 4. The van der Waals surface area contributed by atoms with Crippen LogP contribution in [0.5, 0.6) is 11.5 Å². The second kappa shape index (κ2) is 8.85. The van der Waals surface area contributed by atoms with Gasteiger partial charge < -0.3 is 14.4 Å². The Kier molecular flexibility index (Phi) is 5.97. The predicted octanol–water partition coefficient (Wildman–Crippen LogP) is 3.05. The maximum absolute atomic E-state index is 12.9. The molecule has 0 fully saturated rings. The Bertz CT molecular complexity index is 1100. The summed E-state index contributed by atoms with van der Waals surface area (Å²) < 4.78 is 50.4. The highest BCUT2D eigenvalue weighted by molar-refractivity contribution is 5.75. The molecule has 0 spiro atoms. The van der Waals surface area contributed by atoms with Gasteiger partial charge in [-0.15, -0.1) is 10.2 Å². The summed E-state index contributed by atoms with van der Waals surface area (Å²) in [6.07, 6.45) is -4.81. The number of para-hydroxylation sites is 2. The number of nitrogens with zero attached hydrogens (tertiary/aromatic N) is 5. The minimum Gasteiger partial charge on any atom is -0.486 e. The van der Waals surface area contributed by atoms with Crippen LogP contribution in [0.2, 0.25) is 0 Å². The van der Waals surface area contributed by atoms with Gasteiger partial charge in [-0.25, -0.2) is 0 Å². The number of amides is 1. The lowest BCUT2D eigenvalue weighted by Crippen LogP contribution is -2.44. The normalized spacial score (nSPS) is 15.4. The van der Waals surface area contributed by atoms with Crippen LogP contribution in [0.4, 0.5) is 13.2 Å². The van der Waals surface area contributed by atoms with Crippen molar-refractivity contribution in [3.8, 4) is 22.9 Å². The van der Waals surface area contributed by atoms with Crippen molar-refractivity contribution in [2.45, 2.75) is 25.7 Å². The first-order valence-electron chi connectivity index (χ1n) is 9.95. The lowest BCUT2D eigenvalue weighted by Gasteiger charge is -2.30. The third kappa shape index (κ3) is 4.82. The summed E-state index contributed by atoms with van der Waals surface area (Å²) in [5.41, 5.74) is -0.645. The van der Waals surface area contributed by atoms with E-state index in [0.717, 1.165) is 16.9 Å². The molecule has 2 aromatic carbocycles. The number of alkyl halides is 3. The number of carbonyl (C=O) groups excluding carboxylic acids is 1. The van der Waals surface area contributed by atoms with E-state index in [4.69, 9.17) is 9.47 Å². The molecule has 3 aromatic rings. The zero-order chi connectivity index (χ0) is 22.7. The topological polar surface area (TPSA) is 82.4 Å². The Morgan fingerprint density at radius 2 is 1.97 bits per heavy atom. The van der Waals surface area contributed by atoms with E-state index in [0.29, 0.717) is 31.2 Å². The zero-order valence-electron chi connectivity index (χ0n) is 17.1. The molecule has 0 saturated carbocycles. The van der Waals surface area contributed by atoms with Crippen LogP contribution in [0.15, 0.2) is 48.5 Å². The first kappa shape index (κ1) is 21.6. The second-order valence-electron chi connectivity index (χ2n) is 7.15. The summed E-state index contributed by atoms with van der Waals surface area (Å²) in [5, 5.41) is 11.7. The van der Waals surface area contributed by atoms with Crippen molar-refractivity contribution in [3.63, 3.8) is 0 Å². The van der Waals surface area contributed by atoms with Gasteiger partial charge in [0.1, 0.15) is 13.2 Å². The number of hydrogen-bond acceptors (Lipinski definition) is 6. The molecule has 0 aliphatic carbocycles. The fourth-order valence-electron chi connectivity index (χ4n) is 3.29. The van der Waals surface area contributed by atoms with Crippen LogP contribution in [0.3, 0.4) is 0 Å². The maximum atomic E-state index is 12.9. The largest absolute Gasteiger partial charge is 0.486 e. The molecular weight excluding hydrogens is 427 g/mol. The summed E-state index contributed by atoms with van der Waals surface area (Å²) >= 11 is 0. The van der Waals surface area contributed by atoms with E-state index < -0.39 is 11.7 Å². The van der Waals surface area contributed by atoms with Gasteiger partial charge in [-0.1, -0.05) is 24.3 Å². The number of fused-ring (bicyclic) bond motifs is 1. The molecule has 0 saturated heterocycles. The first-order valence-corrected chi connectivity index (χ1v) is 9.95. The van der Waals surface area contributed by atoms with Gasteiger partial charge in [0.05, 0.1) is 12.1 Å². The van der Waals surface area contributed by atoms with Gasteiger partial charge in [0.2, 0.25) is 11.7 Å². The highest BCUT2D eigenvalue weighted by atomic mass is 19.4. The minimum atomic E-state index is -4.48. The van der Waals surface area contributed by atoms with Crippen molar-refractivity contribution in [1.82, 2.24) is 25.1 Å². The molecule has 8 nitrogen and oxygen atoms in total. The molecule has 11 heteroatoms. The molecule has 2 heterocycles. The molecule has 0 bridgehead atoms. The Labute approximate surface area is 181 Å². The lowest BCUT2D eigenvalue weighted by molar-refractivity contribution is -0.137. The Balaban J connectivity index is 1.40. The standard InChI is InChI=1S/C21H20F3N5O3/c1-2-28(11-16-13-31-17-8-3-4-9-18(17)32-16)19(30)12-29-26-20(25-27-29)14-6-5-7-15(10-14)21(22,23)24/h3-10,16H,2,11-13H2,1H3. The molecule has 1 aromatic heterocycles. The van der Waals surface area contributed by atoms with Crippen molar-refractivity contribution in [2.24, 2.45) is 0 Å². The van der Waals surface area contributed by atoms with E-state index in [-0.39, 0.29) is 29.9 Å². The number of halogens is 3. The monoisotopic (exact) mass is 447 g/mol. The molecule has 1 unspecified atom stereocenters. The van der Waals surface area contributed by atoms with Crippen molar-refractivity contribution in [3.05, 3.63) is 54.1 Å². The van der Waals surface area contributed by atoms with Gasteiger partial charge in [0.25, 0.3) is 0 Å². The van der Waals surface area contributed by atoms with Gasteiger partial charge in [-0.2, -0.15) is 18.0 Å². The van der Waals surface area contributed by atoms with Crippen LogP contribution >= 0.6 is 0 Å². The number of tetrazole rings is 1. The molecule has 0 N–H and O–H groups in total. The lowest BCUT2D eigenvalue weighted by atomic mass is 10.1. The van der Waals surface area contributed by atoms with E-state index in [1.54, 1.807) is 11.0 Å². The zero-order valence-corrected chi connectivity index (χ0v) is 17.1. The third-order valence-corrected chi connectivity index (χ3v) is 4.90. The van der Waals surface area contributed by atoms with Crippen molar-refractivity contribution in [2.75, 3.05) is 19.7 Å². The summed E-state index contributed by atoms with van der Waals surface area (Å²) in [5.74, 6) is 1.01. The molecule has 168 valence electrons. The van der Waals surface area contributed by atoms with Crippen LogP contribution in [-0.4, -0.2) is 56.8 Å². The molecule has 1 aliphatic rings. The van der Waals surface area contributed by atoms with Crippen LogP contribution in [0, 0.1) is 0 Å². The summed E-state index contributed by atoms with van der Waals surface area (Å²) in [4.78, 5) is 15.4. The van der Waals surface area contributed by atoms with Crippen molar-refractivity contribution in [1.29, 1.82) is 0 Å². The van der Waals surface area contributed by atoms with Crippen LogP contribution in [-0.2, 0) is 17.5 Å². The average molecular weight is 447 g/mol. The van der Waals surface area contributed by atoms with E-state index in [9.17, 15) is 18.0 Å². The van der Waals surface area contributed by atoms with Gasteiger partial charge in [-0.05, 0) is 36.4 Å². The van der Waals surface area contributed by atoms with E-state index in [2.05, 4.69) is 15.4 Å². The minimum absolute atomic E-state index is 0.00701. The average Bonchev–Trinajstić information content (AvgIpc) is 3.25. The fraction of sp³-hybridized carbons (Fsp3) is 0.333. The molecule has 0 radical (unpaired) electrons. The Hall–Kier alpha value is -3.63. The molecule has 32 heavy (non-hydrogen) atoms. The molecule has 1 aliphatic heterocycles. The SMILES string of the molecule is CCN(CC1COc2ccccc2O1)C(=O)Cn1nnc(-c2cccc(C(F)(F)F)c2)n1.